The third kappa shape index (κ3) is 12.2. The Balaban J connectivity index is 0.000000168. The summed E-state index contributed by atoms with van der Waals surface area (Å²) in [4.78, 5) is 127. The molecule has 0 aliphatic carbocycles. The topological polar surface area (TPSA) is 636 Å². The molecule has 0 amide bonds. The van der Waals surface area contributed by atoms with Crippen molar-refractivity contribution < 1.29 is 83.5 Å². The Morgan fingerprint density at radius 1 is 0.511 bits per heavy atom. The van der Waals surface area contributed by atoms with Gasteiger partial charge in [-0.25, -0.2) is 34.5 Å². The van der Waals surface area contributed by atoms with Crippen LogP contribution in [0.3, 0.4) is 0 Å². The molecule has 0 radical (unpaired) electrons. The first-order chi connectivity index (χ1) is 43.4. The molecule has 14 rings (SSSR count). The Bertz CT molecular complexity index is 4110. The van der Waals surface area contributed by atoms with Crippen LogP contribution in [0.1, 0.15) is 36.6 Å². The largest absolute Gasteiger partial charge is 0.756 e. The van der Waals surface area contributed by atoms with Crippen LogP contribution in [0.2, 0.25) is 0 Å². The summed E-state index contributed by atoms with van der Waals surface area (Å²) in [6.07, 6.45) is -10.1. The fourth-order valence-electron chi connectivity index (χ4n) is 11.2. The average Bonchev–Trinajstić information content (AvgIpc) is 1.63. The SMILES string of the molecule is Cc1nc2c(ncn2[C@@H]2O[C@@H]3COP(=O)(O)O[C@@H]4C(N)[C@H](n5cnc6c(=O)[nH]c(N)nc65)O[C@@H]4COP(=O)([O-])O[C@@H]3C2N)c(=O)[nH]1.Cc1nc2c(ncn2[C@@H]2O[C@@H]3COP(O)(=S)O[C@@H]4C(N)[C@H](n5cnc6c(=O)[nH]c(N)nc65)O[C@@H]4COP(=O)([S-])O[C@@H]3C2N)c(=O)[nH]1. The summed E-state index contributed by atoms with van der Waals surface area (Å²) in [6, 6.07) is -4.71. The molecule has 0 saturated carbocycles. The highest BCUT2D eigenvalue weighted by Gasteiger charge is 2.54. The fraction of sp³-hybridized carbons (Fsp3) is 0.524. The van der Waals surface area contributed by atoms with Gasteiger partial charge in [0.2, 0.25) is 11.9 Å². The maximum Gasteiger partial charge on any atom is 0.472 e. The number of H-pyrrole nitrogens is 4. The van der Waals surface area contributed by atoms with E-state index in [9.17, 15) is 47.6 Å². The van der Waals surface area contributed by atoms with E-state index in [-0.39, 0.29) is 62.4 Å². The highest BCUT2D eigenvalue weighted by atomic mass is 32.7. The molecule has 0 aromatic carbocycles. The van der Waals surface area contributed by atoms with Crippen LogP contribution in [0, 0.1) is 13.8 Å². The summed E-state index contributed by atoms with van der Waals surface area (Å²) in [5.74, 6) is 0.178. The minimum Gasteiger partial charge on any atom is -0.756 e. The maximum absolute atomic E-state index is 13.5. The van der Waals surface area contributed by atoms with Gasteiger partial charge in [0, 0.05) is 0 Å². The van der Waals surface area contributed by atoms with Crippen molar-refractivity contribution >= 4 is 110 Å². The standard InChI is InChI=1S/C21H27N11O12P2.C21H27N11O10P2S2/c1-6-27-15-11(17(33)28-6)25-4-31(15)19-9(22)13-7(41-19)2-39-46(37,38)44-14-8(3-40-45(35,36)43-13)42-20(10(14)23)32-5-26-12-16(32)29-21(24)30-18(12)34;1-6-27-15-11(17(33)28-6)25-4-31(15)19-9(22)13-7(39-19)2-37-44(36,46)42-14-8(3-38-43(35,45)41-13)40-20(10(14)23)32-5-26-12-16(32)29-21(24)30-18(12)34/h4-5,7-10,13-14,19-20H,2-3,22-23H2,1H3,(H,35,36)(H,37,38)(H,27,28,33)(H3,24,29,30,34);4-5,7-10,13-14,19-20H,2-3,22-23H2,1H3,(H,35,45)(H,36,46)(H,27,28,33)(H3,24,29,30,34)/p-2/t7-,8-,9?,10?,13+,14+,19-,20-;7-,8-,9?,10?,13+,14+,19-,20-,43?,44?/m11/s1. The number of ether oxygens (including phenoxy) is 4. The second-order valence-electron chi connectivity index (χ2n) is 21.4. The Hall–Kier alpha value is -6.07. The zero-order valence-electron chi connectivity index (χ0n) is 46.9. The van der Waals surface area contributed by atoms with Crippen molar-refractivity contribution in [1.82, 2.24) is 78.1 Å². The number of phosphoric ester groups is 2. The summed E-state index contributed by atoms with van der Waals surface area (Å²) < 4.78 is 113. The van der Waals surface area contributed by atoms with Crippen LogP contribution in [0.25, 0.3) is 44.7 Å². The van der Waals surface area contributed by atoms with E-state index in [1.54, 1.807) is 13.8 Å². The molecule has 0 spiro atoms. The zero-order chi connectivity index (χ0) is 65.4. The first-order valence-corrected chi connectivity index (χ1v) is 35.1. The Kier molecular flexibility index (Phi) is 16.9. The Labute approximate surface area is 520 Å². The van der Waals surface area contributed by atoms with E-state index in [4.69, 9.17) is 114 Å². The molecule has 496 valence electrons. The maximum atomic E-state index is 13.5. The van der Waals surface area contributed by atoms with Gasteiger partial charge in [-0.3, -0.25) is 65.6 Å². The van der Waals surface area contributed by atoms with Crippen LogP contribution < -0.4 is 61.5 Å². The number of anilines is 2. The fourth-order valence-corrected chi connectivity index (χ4v) is 16.1. The number of phosphoric acid groups is 2. The molecule has 6 saturated heterocycles. The molecule has 8 aromatic rings. The molecule has 44 nitrogen and oxygen atoms in total. The molecule has 18 N–H and O–H groups in total. The number of fused-ring (bicyclic) bond motifs is 8. The van der Waals surface area contributed by atoms with Gasteiger partial charge < -0.3 is 117 Å². The molecule has 50 heteroatoms. The molecular formula is C42H52N22O22P4S2-2. The molecular weight excluding hydrogens is 1350 g/mol. The van der Waals surface area contributed by atoms with Gasteiger partial charge in [0.25, 0.3) is 30.1 Å². The van der Waals surface area contributed by atoms with Gasteiger partial charge in [-0.15, -0.1) is 0 Å². The quantitative estimate of drug-likeness (QED) is 0.0582. The number of nitrogens with zero attached hydrogens (tertiary/aromatic N) is 12. The van der Waals surface area contributed by atoms with E-state index in [0.717, 1.165) is 0 Å². The molecule has 92 heavy (non-hydrogen) atoms. The number of imidazole rings is 4. The summed E-state index contributed by atoms with van der Waals surface area (Å²) in [5.41, 5.74) is 35.0. The molecule has 8 aromatic heterocycles. The number of aromatic nitrogens is 16. The number of nitrogens with two attached hydrogens (primary N) is 6. The molecule has 6 fully saturated rings. The number of aromatic amines is 4. The van der Waals surface area contributed by atoms with E-state index in [1.807, 2.05) is 0 Å². The third-order valence-corrected chi connectivity index (χ3v) is 20.3. The van der Waals surface area contributed by atoms with Crippen molar-refractivity contribution in [3.05, 3.63) is 78.4 Å². The number of nitrogens with one attached hydrogen (secondary N) is 4. The summed E-state index contributed by atoms with van der Waals surface area (Å²) in [6.45, 7) is -7.78. The molecule has 8 unspecified atom stereocenters. The van der Waals surface area contributed by atoms with E-state index in [2.05, 4.69) is 59.8 Å². The van der Waals surface area contributed by atoms with Gasteiger partial charge in [0.15, 0.2) is 76.4 Å². The second kappa shape index (κ2) is 24.0. The van der Waals surface area contributed by atoms with Gasteiger partial charge in [-0.05, 0) is 25.7 Å². The van der Waals surface area contributed by atoms with E-state index in [1.165, 1.54) is 43.6 Å². The molecule has 0 bridgehead atoms. The predicted molar refractivity (Wildman–Crippen MR) is 311 cm³/mol. The first-order valence-electron chi connectivity index (χ1n) is 27.0. The van der Waals surface area contributed by atoms with E-state index < -0.39 is 176 Å². The van der Waals surface area contributed by atoms with Crippen LogP contribution in [-0.4, -0.2) is 187 Å². The van der Waals surface area contributed by atoms with Gasteiger partial charge in [-0.2, -0.15) is 9.97 Å². The Morgan fingerprint density at radius 3 is 1.25 bits per heavy atom. The lowest BCUT2D eigenvalue weighted by Crippen LogP contribution is -2.44. The number of aryl methyl sites for hydroxylation is 2. The Morgan fingerprint density at radius 2 is 0.837 bits per heavy atom. The van der Waals surface area contributed by atoms with Crippen LogP contribution in [0.15, 0.2) is 44.5 Å². The number of hydrogen-bond donors (Lipinski definition) is 12. The second-order valence-corrected chi connectivity index (χ2v) is 29.6. The van der Waals surface area contributed by atoms with E-state index >= 15 is 0 Å². The number of hydrogen-bond acceptors (Lipinski definition) is 36. The molecule has 20 atom stereocenters. The normalized spacial score (nSPS) is 37.2. The lowest BCUT2D eigenvalue weighted by molar-refractivity contribution is -0.235. The van der Waals surface area contributed by atoms with Crippen LogP contribution in [0.4, 0.5) is 11.9 Å². The zero-order valence-corrected chi connectivity index (χ0v) is 52.1. The summed E-state index contributed by atoms with van der Waals surface area (Å²) in [5, 5.41) is 0. The smallest absolute Gasteiger partial charge is 0.472 e. The highest BCUT2D eigenvalue weighted by Crippen LogP contribution is 2.56. The minimum atomic E-state index is -5.21. The van der Waals surface area contributed by atoms with Crippen LogP contribution >= 0.6 is 29.2 Å². The number of rotatable bonds is 4. The molecule has 14 heterocycles. The minimum absolute atomic E-state index is 0.0321. The van der Waals surface area contributed by atoms with Crippen molar-refractivity contribution in [3.63, 3.8) is 0 Å². The highest BCUT2D eigenvalue weighted by molar-refractivity contribution is 8.32. The molecule has 6 aliphatic rings. The van der Waals surface area contributed by atoms with Crippen molar-refractivity contribution in [3.8, 4) is 0 Å². The van der Waals surface area contributed by atoms with Crippen molar-refractivity contribution in [2.24, 2.45) is 22.9 Å². The first kappa shape index (κ1) is 64.6. The van der Waals surface area contributed by atoms with Crippen molar-refractivity contribution in [2.75, 3.05) is 37.9 Å². The average molecular weight is 1410 g/mol. The predicted octanol–water partition coefficient (Wildman–Crippen LogP) is -4.74. The summed E-state index contributed by atoms with van der Waals surface area (Å²) >= 11 is 10.5. The van der Waals surface area contributed by atoms with Gasteiger partial charge in [-0.1, -0.05) is 0 Å². The monoisotopic (exact) mass is 1400 g/mol. The number of nitrogen functional groups attached to an aromatic ring is 2. The lowest BCUT2D eigenvalue weighted by Gasteiger charge is -2.34. The van der Waals surface area contributed by atoms with Crippen LogP contribution in [0.5, 0.6) is 0 Å². The van der Waals surface area contributed by atoms with Crippen molar-refractivity contribution in [1.29, 1.82) is 0 Å². The summed E-state index contributed by atoms with van der Waals surface area (Å²) in [7, 11) is -10.2. The van der Waals surface area contributed by atoms with Gasteiger partial charge in [0.05, 0.1) is 75.9 Å². The van der Waals surface area contributed by atoms with Gasteiger partial charge in [0.1, 0.15) is 60.5 Å². The third-order valence-electron chi connectivity index (χ3n) is 15.3. The van der Waals surface area contributed by atoms with Crippen LogP contribution in [-0.2, 0) is 92.9 Å². The molecule has 6 aliphatic heterocycles. The lowest BCUT2D eigenvalue weighted by atomic mass is 10.1. The van der Waals surface area contributed by atoms with Gasteiger partial charge >= 0.3 is 14.5 Å². The van der Waals surface area contributed by atoms with Crippen molar-refractivity contribution in [2.45, 2.75) is 112 Å². The van der Waals surface area contributed by atoms with E-state index in [0.29, 0.717) is 5.82 Å².